The van der Waals surface area contributed by atoms with E-state index < -0.39 is 12.7 Å². The van der Waals surface area contributed by atoms with E-state index in [2.05, 4.69) is 0 Å². The molecule has 0 heterocycles. The average molecular weight is 208 g/mol. The predicted molar refractivity (Wildman–Crippen MR) is 49.9 cm³/mol. The van der Waals surface area contributed by atoms with Crippen LogP contribution in [0.25, 0.3) is 0 Å². The van der Waals surface area contributed by atoms with Gasteiger partial charge in [0, 0.05) is 5.56 Å². The van der Waals surface area contributed by atoms with Crippen LogP contribution < -0.4 is 5.73 Å². The zero-order chi connectivity index (χ0) is 9.14. The molecule has 5 heteroatoms. The Labute approximate surface area is 81.4 Å². The van der Waals surface area contributed by atoms with Gasteiger partial charge in [-0.2, -0.15) is 0 Å². The molecule has 0 unspecified atom stereocenters. The van der Waals surface area contributed by atoms with E-state index in [-0.39, 0.29) is 29.5 Å². The third-order valence-corrected chi connectivity index (χ3v) is 1.61. The minimum absolute atomic E-state index is 0. The molecule has 0 spiro atoms. The highest BCUT2D eigenvalue weighted by Gasteiger charge is 2.12. The molecule has 0 aromatic heterocycles. The van der Waals surface area contributed by atoms with Crippen molar-refractivity contribution in [3.05, 3.63) is 23.8 Å². The number of para-hydroxylation sites is 1. The second kappa shape index (κ2) is 4.89. The lowest BCUT2D eigenvalue weighted by Gasteiger charge is -2.09. The number of benzene rings is 1. The number of rotatable bonds is 2. The number of alkyl halides is 1. The summed E-state index contributed by atoms with van der Waals surface area (Å²) in [5.74, 6) is -0.626. The summed E-state index contributed by atoms with van der Waals surface area (Å²) in [6.07, 6.45) is 0. The number of hydrogen-bond acceptors (Lipinski definition) is 3. The zero-order valence-electron chi connectivity index (χ0n) is 6.77. The van der Waals surface area contributed by atoms with Crippen molar-refractivity contribution < 1.29 is 14.6 Å². The third-order valence-electron chi connectivity index (χ3n) is 1.61. The van der Waals surface area contributed by atoms with E-state index in [1.165, 1.54) is 18.2 Å². The van der Waals surface area contributed by atoms with Crippen LogP contribution in [0.4, 0.5) is 4.39 Å². The molecule has 0 aliphatic heterocycles. The molecule has 1 rings (SSSR count). The highest BCUT2D eigenvalue weighted by molar-refractivity contribution is 5.85. The molecule has 74 valence electrons. The molecule has 0 saturated carbocycles. The Hall–Kier alpha value is -1.00. The van der Waals surface area contributed by atoms with Crippen LogP contribution >= 0.6 is 12.4 Å². The van der Waals surface area contributed by atoms with Crippen molar-refractivity contribution in [3.8, 4) is 11.5 Å². The Balaban J connectivity index is 0.00000144. The van der Waals surface area contributed by atoms with E-state index in [1.54, 1.807) is 0 Å². The Morgan fingerprint density at radius 3 is 2.54 bits per heavy atom. The van der Waals surface area contributed by atoms with Crippen molar-refractivity contribution in [1.82, 2.24) is 0 Å². The molecule has 1 aromatic rings. The summed E-state index contributed by atoms with van der Waals surface area (Å²) in [5.41, 5.74) is 5.54. The molecule has 0 bridgehead atoms. The lowest BCUT2D eigenvalue weighted by Crippen LogP contribution is -2.12. The predicted octanol–water partition coefficient (Wildman–Crippen LogP) is 1.49. The van der Waals surface area contributed by atoms with Crippen LogP contribution in [-0.2, 0) is 0 Å². The van der Waals surface area contributed by atoms with Gasteiger partial charge >= 0.3 is 0 Å². The molecule has 13 heavy (non-hydrogen) atoms. The van der Waals surface area contributed by atoms with Gasteiger partial charge < -0.3 is 15.9 Å². The van der Waals surface area contributed by atoms with Gasteiger partial charge in [0.2, 0.25) is 0 Å². The number of nitrogens with two attached hydrogens (primary N) is 1. The van der Waals surface area contributed by atoms with E-state index >= 15 is 0 Å². The van der Waals surface area contributed by atoms with E-state index in [1.807, 2.05) is 0 Å². The fraction of sp³-hybridized carbons (Fsp3) is 0.250. The van der Waals surface area contributed by atoms with Crippen LogP contribution in [0.5, 0.6) is 11.5 Å². The molecule has 0 fully saturated rings. The van der Waals surface area contributed by atoms with Gasteiger partial charge in [-0.3, -0.25) is 0 Å². The van der Waals surface area contributed by atoms with Gasteiger partial charge in [0.1, 0.15) is 6.67 Å². The van der Waals surface area contributed by atoms with Crippen LogP contribution in [0.1, 0.15) is 11.6 Å². The lowest BCUT2D eigenvalue weighted by molar-refractivity contribution is 0.383. The number of aromatic hydroxyl groups is 2. The first-order valence-electron chi connectivity index (χ1n) is 3.49. The largest absolute Gasteiger partial charge is 0.504 e. The van der Waals surface area contributed by atoms with Crippen LogP contribution in [-0.4, -0.2) is 16.9 Å². The highest BCUT2D eigenvalue weighted by Crippen LogP contribution is 2.31. The minimum atomic E-state index is -0.878. The molecule has 0 saturated heterocycles. The van der Waals surface area contributed by atoms with Gasteiger partial charge in [-0.1, -0.05) is 12.1 Å². The Kier molecular flexibility index (Phi) is 4.51. The topological polar surface area (TPSA) is 66.5 Å². The van der Waals surface area contributed by atoms with Crippen LogP contribution in [0.15, 0.2) is 18.2 Å². The van der Waals surface area contributed by atoms with Crippen molar-refractivity contribution >= 4 is 12.4 Å². The van der Waals surface area contributed by atoms with Crippen LogP contribution in [0.3, 0.4) is 0 Å². The molecular weight excluding hydrogens is 197 g/mol. The van der Waals surface area contributed by atoms with Crippen LogP contribution in [0, 0.1) is 0 Å². The van der Waals surface area contributed by atoms with Crippen LogP contribution in [0.2, 0.25) is 0 Å². The number of phenols is 2. The summed E-state index contributed by atoms with van der Waals surface area (Å²) in [7, 11) is 0. The number of phenolic OH excluding ortho intramolecular Hbond substituents is 2. The molecule has 0 amide bonds. The summed E-state index contributed by atoms with van der Waals surface area (Å²) < 4.78 is 12.1. The molecule has 1 atom stereocenters. The van der Waals surface area contributed by atoms with E-state index in [0.29, 0.717) is 0 Å². The zero-order valence-corrected chi connectivity index (χ0v) is 7.59. The van der Waals surface area contributed by atoms with Crippen molar-refractivity contribution in [2.75, 3.05) is 6.67 Å². The first-order valence-corrected chi connectivity index (χ1v) is 3.49. The Bertz CT molecular complexity index is 283. The summed E-state index contributed by atoms with van der Waals surface area (Å²) >= 11 is 0. The second-order valence-corrected chi connectivity index (χ2v) is 2.48. The van der Waals surface area contributed by atoms with Crippen molar-refractivity contribution in [2.24, 2.45) is 5.73 Å². The van der Waals surface area contributed by atoms with Crippen molar-refractivity contribution in [1.29, 1.82) is 0 Å². The molecule has 4 N–H and O–H groups in total. The molecule has 3 nitrogen and oxygen atoms in total. The van der Waals surface area contributed by atoms with Gasteiger partial charge in [-0.25, -0.2) is 4.39 Å². The first kappa shape index (κ1) is 12.0. The van der Waals surface area contributed by atoms with E-state index in [4.69, 9.17) is 10.8 Å². The van der Waals surface area contributed by atoms with Gasteiger partial charge in [-0.15, -0.1) is 12.4 Å². The Morgan fingerprint density at radius 1 is 1.38 bits per heavy atom. The van der Waals surface area contributed by atoms with E-state index in [0.717, 1.165) is 0 Å². The van der Waals surface area contributed by atoms with Gasteiger partial charge in [0.05, 0.1) is 6.04 Å². The molecule has 0 aliphatic rings. The maximum absolute atomic E-state index is 12.1. The summed E-state index contributed by atoms with van der Waals surface area (Å²) in [6, 6.07) is 3.40. The fourth-order valence-corrected chi connectivity index (χ4v) is 0.931. The first-order chi connectivity index (χ1) is 5.66. The monoisotopic (exact) mass is 207 g/mol. The SMILES string of the molecule is Cl.N[C@@H](CF)c1cccc(O)c1O. The smallest absolute Gasteiger partial charge is 0.162 e. The van der Waals surface area contributed by atoms with Gasteiger partial charge in [-0.05, 0) is 6.07 Å². The van der Waals surface area contributed by atoms with Crippen molar-refractivity contribution in [3.63, 3.8) is 0 Å². The second-order valence-electron chi connectivity index (χ2n) is 2.48. The lowest BCUT2D eigenvalue weighted by atomic mass is 10.1. The Morgan fingerprint density at radius 2 is 2.00 bits per heavy atom. The maximum atomic E-state index is 12.1. The van der Waals surface area contributed by atoms with E-state index in [9.17, 15) is 9.50 Å². The number of halogens is 2. The normalized spacial score (nSPS) is 11.8. The molecule has 0 radical (unpaired) electrons. The quantitative estimate of drug-likeness (QED) is 0.644. The average Bonchev–Trinajstić information content (AvgIpc) is 2.08. The summed E-state index contributed by atoms with van der Waals surface area (Å²) in [4.78, 5) is 0. The van der Waals surface area contributed by atoms with Gasteiger partial charge in [0.15, 0.2) is 11.5 Å². The third kappa shape index (κ3) is 2.47. The maximum Gasteiger partial charge on any atom is 0.162 e. The molecular formula is C8H11ClFNO2. The van der Waals surface area contributed by atoms with Crippen molar-refractivity contribution in [2.45, 2.75) is 6.04 Å². The highest BCUT2D eigenvalue weighted by atomic mass is 35.5. The molecule has 0 aliphatic carbocycles. The summed E-state index contributed by atoms with van der Waals surface area (Å²) in [5, 5.41) is 18.2. The fourth-order valence-electron chi connectivity index (χ4n) is 0.931. The molecule has 1 aromatic carbocycles. The standard InChI is InChI=1S/C8H10FNO2.ClH/c9-4-6(10)5-2-1-3-7(11)8(5)12;/h1-3,6,11-12H,4,10H2;1H/t6-;/m0./s1. The number of hydrogen-bond donors (Lipinski definition) is 3. The minimum Gasteiger partial charge on any atom is -0.504 e. The van der Waals surface area contributed by atoms with Gasteiger partial charge in [0.25, 0.3) is 0 Å². The summed E-state index contributed by atoms with van der Waals surface area (Å²) in [6.45, 7) is -0.767.